The first-order chi connectivity index (χ1) is 12.8. The molecule has 0 spiro atoms. The molecule has 0 aromatic carbocycles. The van der Waals surface area contributed by atoms with Crippen LogP contribution in [0.15, 0.2) is 46.1 Å². The molecule has 27 heavy (non-hydrogen) atoms. The maximum atomic E-state index is 5.83. The third-order valence-electron chi connectivity index (χ3n) is 4.47. The number of halogens is 2. The molecular weight excluding hydrogens is 477 g/mol. The van der Waals surface area contributed by atoms with Crippen LogP contribution in [-0.2, 0) is 6.54 Å². The minimum absolute atomic E-state index is 0. The van der Waals surface area contributed by atoms with Gasteiger partial charge in [0.15, 0.2) is 5.96 Å². The van der Waals surface area contributed by atoms with Crippen LogP contribution in [-0.4, -0.2) is 42.0 Å². The number of aromatic nitrogens is 1. The minimum atomic E-state index is 0. The summed E-state index contributed by atoms with van der Waals surface area (Å²) in [4.78, 5) is 11.2. The maximum absolute atomic E-state index is 5.83. The van der Waals surface area contributed by atoms with Gasteiger partial charge in [-0.15, -0.1) is 24.0 Å². The first-order valence-corrected chi connectivity index (χ1v) is 9.54. The van der Waals surface area contributed by atoms with E-state index in [1.165, 1.54) is 12.8 Å². The first kappa shape index (κ1) is 22.0. The Morgan fingerprint density at radius 1 is 1.30 bits per heavy atom. The third kappa shape index (κ3) is 6.65. The van der Waals surface area contributed by atoms with Crippen molar-refractivity contribution >= 4 is 41.5 Å². The Balaban J connectivity index is 0.00000261. The number of aliphatic imine (C=N–C) groups is 1. The van der Waals surface area contributed by atoms with E-state index >= 15 is 0 Å². The largest absolute Gasteiger partial charge is 0.468 e. The minimum Gasteiger partial charge on any atom is -0.468 e. The molecule has 1 aliphatic rings. The van der Waals surface area contributed by atoms with Crippen LogP contribution in [0.1, 0.15) is 37.1 Å². The van der Waals surface area contributed by atoms with Crippen LogP contribution in [0.5, 0.6) is 0 Å². The normalized spacial score (nSPS) is 16.0. The van der Waals surface area contributed by atoms with Crippen LogP contribution >= 0.6 is 35.6 Å². The summed E-state index contributed by atoms with van der Waals surface area (Å²) in [5.74, 6) is 1.79. The summed E-state index contributed by atoms with van der Waals surface area (Å²) in [6.45, 7) is 6.38. The number of rotatable bonds is 7. The van der Waals surface area contributed by atoms with Gasteiger partial charge in [0, 0.05) is 19.3 Å². The molecule has 0 aliphatic carbocycles. The number of likely N-dealkylation sites (tertiary alicyclic amines) is 1. The predicted octanol–water partition coefficient (Wildman–Crippen LogP) is 3.84. The number of guanidine groups is 1. The number of pyridine rings is 1. The van der Waals surface area contributed by atoms with E-state index in [4.69, 9.17) is 16.0 Å². The highest BCUT2D eigenvalue weighted by atomic mass is 127. The summed E-state index contributed by atoms with van der Waals surface area (Å²) in [7, 11) is 0. The average molecular weight is 504 g/mol. The van der Waals surface area contributed by atoms with Crippen molar-refractivity contribution in [1.82, 2.24) is 20.5 Å². The fraction of sp³-hybridized carbons (Fsp3) is 0.474. The van der Waals surface area contributed by atoms with E-state index in [2.05, 4.69) is 32.4 Å². The fourth-order valence-electron chi connectivity index (χ4n) is 3.15. The highest BCUT2D eigenvalue weighted by molar-refractivity contribution is 14.0. The molecule has 0 radical (unpaired) electrons. The standard InChI is InChI=1S/C19H26ClN5O.HI/c1-2-21-19(23-13-15-7-8-18(20)22-12-15)24-14-16(17-6-5-11-26-17)25-9-3-4-10-25;/h5-8,11-12,16H,2-4,9-10,13-14H2,1H3,(H2,21,23,24);1H. The van der Waals surface area contributed by atoms with Gasteiger partial charge in [0.2, 0.25) is 0 Å². The van der Waals surface area contributed by atoms with Crippen molar-refractivity contribution in [2.24, 2.45) is 4.99 Å². The maximum Gasteiger partial charge on any atom is 0.191 e. The molecule has 0 amide bonds. The van der Waals surface area contributed by atoms with E-state index in [1.807, 2.05) is 18.2 Å². The zero-order valence-electron chi connectivity index (χ0n) is 15.5. The van der Waals surface area contributed by atoms with E-state index in [0.29, 0.717) is 11.7 Å². The van der Waals surface area contributed by atoms with Crippen LogP contribution in [0.25, 0.3) is 0 Å². The highest BCUT2D eigenvalue weighted by Gasteiger charge is 2.25. The molecule has 2 aromatic rings. The van der Waals surface area contributed by atoms with Gasteiger partial charge in [-0.3, -0.25) is 4.90 Å². The lowest BCUT2D eigenvalue weighted by Gasteiger charge is -2.26. The lowest BCUT2D eigenvalue weighted by atomic mass is 10.2. The summed E-state index contributed by atoms with van der Waals surface area (Å²) in [5, 5.41) is 7.25. The Morgan fingerprint density at radius 2 is 2.11 bits per heavy atom. The van der Waals surface area contributed by atoms with Gasteiger partial charge in [0.1, 0.15) is 10.9 Å². The van der Waals surface area contributed by atoms with Crippen molar-refractivity contribution < 1.29 is 4.42 Å². The van der Waals surface area contributed by atoms with E-state index in [9.17, 15) is 0 Å². The molecule has 148 valence electrons. The van der Waals surface area contributed by atoms with Gasteiger partial charge in [-0.1, -0.05) is 17.7 Å². The topological polar surface area (TPSA) is 65.7 Å². The van der Waals surface area contributed by atoms with Gasteiger partial charge in [-0.25, -0.2) is 9.98 Å². The molecule has 8 heteroatoms. The Kier molecular flexibility index (Phi) is 9.36. The van der Waals surface area contributed by atoms with Gasteiger partial charge in [-0.2, -0.15) is 0 Å². The molecule has 2 aromatic heterocycles. The predicted molar refractivity (Wildman–Crippen MR) is 120 cm³/mol. The molecular formula is C19H27ClIN5O. The SMILES string of the molecule is CCNC(=NCc1ccc(Cl)nc1)NCC(c1ccco1)N1CCCC1.I. The lowest BCUT2D eigenvalue weighted by Crippen LogP contribution is -2.42. The first-order valence-electron chi connectivity index (χ1n) is 9.16. The quantitative estimate of drug-likeness (QED) is 0.260. The highest BCUT2D eigenvalue weighted by Crippen LogP contribution is 2.24. The van der Waals surface area contributed by atoms with Gasteiger partial charge < -0.3 is 15.1 Å². The third-order valence-corrected chi connectivity index (χ3v) is 4.69. The van der Waals surface area contributed by atoms with Gasteiger partial charge in [0.25, 0.3) is 0 Å². The van der Waals surface area contributed by atoms with E-state index in [1.54, 1.807) is 18.5 Å². The van der Waals surface area contributed by atoms with Gasteiger partial charge in [-0.05, 0) is 56.6 Å². The summed E-state index contributed by atoms with van der Waals surface area (Å²) < 4.78 is 5.68. The molecule has 1 unspecified atom stereocenters. The molecule has 3 heterocycles. The Labute approximate surface area is 182 Å². The zero-order chi connectivity index (χ0) is 18.2. The van der Waals surface area contributed by atoms with Crippen molar-refractivity contribution in [3.05, 3.63) is 53.2 Å². The monoisotopic (exact) mass is 503 g/mol. The second-order valence-corrected chi connectivity index (χ2v) is 6.73. The van der Waals surface area contributed by atoms with Gasteiger partial charge in [0.05, 0.1) is 18.8 Å². The number of hydrogen-bond acceptors (Lipinski definition) is 4. The van der Waals surface area contributed by atoms with Crippen LogP contribution in [0.3, 0.4) is 0 Å². The molecule has 2 N–H and O–H groups in total. The number of furan rings is 1. The van der Waals surface area contributed by atoms with E-state index in [0.717, 1.165) is 43.5 Å². The van der Waals surface area contributed by atoms with Crippen LogP contribution in [0.4, 0.5) is 0 Å². The Bertz CT molecular complexity index is 687. The molecule has 0 bridgehead atoms. The molecule has 3 rings (SSSR count). The molecule has 1 aliphatic heterocycles. The van der Waals surface area contributed by atoms with E-state index in [-0.39, 0.29) is 30.0 Å². The summed E-state index contributed by atoms with van der Waals surface area (Å²) in [6.07, 6.45) is 5.99. The van der Waals surface area contributed by atoms with Gasteiger partial charge >= 0.3 is 0 Å². The van der Waals surface area contributed by atoms with Crippen LogP contribution < -0.4 is 10.6 Å². The van der Waals surface area contributed by atoms with Crippen LogP contribution in [0.2, 0.25) is 5.15 Å². The second kappa shape index (κ2) is 11.5. The zero-order valence-corrected chi connectivity index (χ0v) is 18.6. The lowest BCUT2D eigenvalue weighted by molar-refractivity contribution is 0.215. The Morgan fingerprint density at radius 3 is 2.74 bits per heavy atom. The molecule has 1 atom stereocenters. The second-order valence-electron chi connectivity index (χ2n) is 6.34. The molecule has 1 fully saturated rings. The van der Waals surface area contributed by atoms with Crippen LogP contribution in [0, 0.1) is 0 Å². The summed E-state index contributed by atoms with van der Waals surface area (Å²) >= 11 is 5.83. The van der Waals surface area contributed by atoms with Crippen molar-refractivity contribution in [3.8, 4) is 0 Å². The van der Waals surface area contributed by atoms with E-state index < -0.39 is 0 Å². The molecule has 6 nitrogen and oxygen atoms in total. The Hall–Kier alpha value is -1.32. The average Bonchev–Trinajstić information content (AvgIpc) is 3.35. The fourth-order valence-corrected chi connectivity index (χ4v) is 3.26. The summed E-state index contributed by atoms with van der Waals surface area (Å²) in [6, 6.07) is 7.94. The number of nitrogens with zero attached hydrogens (tertiary/aromatic N) is 3. The summed E-state index contributed by atoms with van der Waals surface area (Å²) in [5.41, 5.74) is 1.02. The number of hydrogen-bond donors (Lipinski definition) is 2. The van der Waals surface area contributed by atoms with Crippen molar-refractivity contribution in [2.45, 2.75) is 32.4 Å². The molecule has 1 saturated heterocycles. The smallest absolute Gasteiger partial charge is 0.191 e. The van der Waals surface area contributed by atoms with Crippen molar-refractivity contribution in [2.75, 3.05) is 26.2 Å². The number of nitrogens with one attached hydrogen (secondary N) is 2. The van der Waals surface area contributed by atoms with Crippen molar-refractivity contribution in [3.63, 3.8) is 0 Å². The molecule has 0 saturated carbocycles. The van der Waals surface area contributed by atoms with Crippen molar-refractivity contribution in [1.29, 1.82) is 0 Å².